The van der Waals surface area contributed by atoms with E-state index in [0.717, 1.165) is 19.0 Å². The molecule has 0 radical (unpaired) electrons. The molecule has 3 fully saturated rings. The van der Waals surface area contributed by atoms with E-state index < -0.39 is 0 Å². The Morgan fingerprint density at radius 3 is 2.56 bits per heavy atom. The number of alkyl halides is 1. The van der Waals surface area contributed by atoms with Crippen molar-refractivity contribution in [3.8, 4) is 0 Å². The molecule has 1 heterocycles. The highest BCUT2D eigenvalue weighted by atomic mass is 35.5. The van der Waals surface area contributed by atoms with Crippen LogP contribution in [0.3, 0.4) is 0 Å². The first-order valence-electron chi connectivity index (χ1n) is 7.78. The molecular weight excluding hydrogens is 246 g/mol. The average molecular weight is 272 g/mol. The fourth-order valence-electron chi connectivity index (χ4n) is 3.87. The molecule has 1 unspecified atom stereocenters. The van der Waals surface area contributed by atoms with E-state index in [4.69, 9.17) is 16.3 Å². The second-order valence-corrected chi connectivity index (χ2v) is 7.23. The Balaban J connectivity index is 1.34. The number of halogens is 1. The molecule has 3 aliphatic rings. The minimum atomic E-state index is 0.280. The summed E-state index contributed by atoms with van der Waals surface area (Å²) in [5, 5.41) is 4.04. The zero-order valence-electron chi connectivity index (χ0n) is 11.3. The Kier molecular flexibility index (Phi) is 4.17. The van der Waals surface area contributed by atoms with Crippen molar-refractivity contribution in [2.75, 3.05) is 13.1 Å². The third-order valence-electron chi connectivity index (χ3n) is 5.09. The molecule has 1 spiro atoms. The first-order chi connectivity index (χ1) is 8.76. The lowest BCUT2D eigenvalue weighted by Crippen LogP contribution is -2.38. The molecule has 1 saturated heterocycles. The molecule has 18 heavy (non-hydrogen) atoms. The van der Waals surface area contributed by atoms with Gasteiger partial charge in [0.25, 0.3) is 0 Å². The van der Waals surface area contributed by atoms with E-state index in [1.165, 1.54) is 57.8 Å². The van der Waals surface area contributed by atoms with Gasteiger partial charge in [0, 0.05) is 11.9 Å². The second kappa shape index (κ2) is 5.68. The van der Waals surface area contributed by atoms with E-state index in [0.29, 0.717) is 11.5 Å². The van der Waals surface area contributed by atoms with Crippen LogP contribution in [0.5, 0.6) is 0 Å². The van der Waals surface area contributed by atoms with Gasteiger partial charge in [-0.25, -0.2) is 0 Å². The van der Waals surface area contributed by atoms with Crippen LogP contribution in [0.25, 0.3) is 0 Å². The van der Waals surface area contributed by atoms with Crippen molar-refractivity contribution in [3.63, 3.8) is 0 Å². The summed E-state index contributed by atoms with van der Waals surface area (Å²) in [6, 6.07) is 0. The maximum absolute atomic E-state index is 6.36. The number of hydrogen-bond donors (Lipinski definition) is 1. The number of rotatable bonds is 4. The van der Waals surface area contributed by atoms with Gasteiger partial charge in [0.15, 0.2) is 0 Å². The highest BCUT2D eigenvalue weighted by Gasteiger charge is 2.40. The molecule has 3 rings (SSSR count). The first kappa shape index (κ1) is 13.2. The summed E-state index contributed by atoms with van der Waals surface area (Å²) in [5.41, 5.74) is 0.280. The Bertz CT molecular complexity index is 272. The van der Waals surface area contributed by atoms with Crippen LogP contribution in [0.15, 0.2) is 0 Å². The summed E-state index contributed by atoms with van der Waals surface area (Å²) in [5.74, 6) is 0.817. The van der Waals surface area contributed by atoms with Crippen molar-refractivity contribution < 1.29 is 4.74 Å². The van der Waals surface area contributed by atoms with E-state index in [1.54, 1.807) is 0 Å². The summed E-state index contributed by atoms with van der Waals surface area (Å²) in [6.07, 6.45) is 12.2. The predicted molar refractivity (Wildman–Crippen MR) is 75.2 cm³/mol. The maximum Gasteiger partial charge on any atom is 0.0708 e. The fraction of sp³-hybridized carbons (Fsp3) is 1.00. The van der Waals surface area contributed by atoms with Crippen molar-refractivity contribution in [2.24, 2.45) is 5.92 Å². The monoisotopic (exact) mass is 271 g/mol. The van der Waals surface area contributed by atoms with Crippen LogP contribution < -0.4 is 5.32 Å². The van der Waals surface area contributed by atoms with Crippen LogP contribution in [-0.2, 0) is 4.74 Å². The zero-order valence-corrected chi connectivity index (χ0v) is 12.1. The highest BCUT2D eigenvalue weighted by molar-refractivity contribution is 6.21. The third kappa shape index (κ3) is 3.02. The van der Waals surface area contributed by atoms with E-state index >= 15 is 0 Å². The Hall–Kier alpha value is 0.210. The van der Waals surface area contributed by atoms with Gasteiger partial charge >= 0.3 is 0 Å². The van der Waals surface area contributed by atoms with Crippen LogP contribution in [0.4, 0.5) is 0 Å². The predicted octanol–water partition coefficient (Wildman–Crippen LogP) is 3.48. The molecule has 104 valence electrons. The lowest BCUT2D eigenvalue weighted by Gasteiger charge is -2.34. The fourth-order valence-corrected chi connectivity index (χ4v) is 4.38. The molecule has 2 aliphatic carbocycles. The molecule has 3 heteroatoms. The molecule has 0 bridgehead atoms. The molecule has 0 amide bonds. The standard InChI is InChI=1S/C15H26ClNO/c16-13-8-12(9-13)10-17-11-14-4-7-15(18-14)5-2-1-3-6-15/h12-14,17H,1-11H2. The summed E-state index contributed by atoms with van der Waals surface area (Å²) in [4.78, 5) is 0. The molecule has 1 atom stereocenters. The van der Waals surface area contributed by atoms with Gasteiger partial charge in [-0.15, -0.1) is 11.6 Å². The van der Waals surface area contributed by atoms with Gasteiger partial charge in [0.05, 0.1) is 11.7 Å². The number of ether oxygens (including phenoxy) is 1. The van der Waals surface area contributed by atoms with Gasteiger partial charge in [-0.3, -0.25) is 0 Å². The second-order valence-electron chi connectivity index (χ2n) is 6.62. The molecule has 1 N–H and O–H groups in total. The van der Waals surface area contributed by atoms with Crippen LogP contribution in [0, 0.1) is 5.92 Å². The SMILES string of the molecule is ClC1CC(CNCC2CCC3(CCCCC3)O2)C1. The highest BCUT2D eigenvalue weighted by Crippen LogP contribution is 2.41. The molecule has 2 nitrogen and oxygen atoms in total. The van der Waals surface area contributed by atoms with Crippen LogP contribution in [-0.4, -0.2) is 30.2 Å². The topological polar surface area (TPSA) is 21.3 Å². The van der Waals surface area contributed by atoms with Gasteiger partial charge in [0.2, 0.25) is 0 Å². The van der Waals surface area contributed by atoms with Gasteiger partial charge < -0.3 is 10.1 Å². The number of hydrogen-bond acceptors (Lipinski definition) is 2. The van der Waals surface area contributed by atoms with Crippen molar-refractivity contribution >= 4 is 11.6 Å². The maximum atomic E-state index is 6.36. The van der Waals surface area contributed by atoms with Crippen molar-refractivity contribution in [1.29, 1.82) is 0 Å². The number of nitrogens with one attached hydrogen (secondary N) is 1. The molecule has 0 aromatic rings. The van der Waals surface area contributed by atoms with E-state index in [9.17, 15) is 0 Å². The van der Waals surface area contributed by atoms with Crippen LogP contribution in [0.1, 0.15) is 57.8 Å². The summed E-state index contributed by atoms with van der Waals surface area (Å²) in [7, 11) is 0. The van der Waals surface area contributed by atoms with Crippen LogP contribution >= 0.6 is 11.6 Å². The third-order valence-corrected chi connectivity index (χ3v) is 5.44. The summed E-state index contributed by atoms with van der Waals surface area (Å²) < 4.78 is 6.36. The minimum Gasteiger partial charge on any atom is -0.370 e. The molecule has 0 aromatic heterocycles. The quantitative estimate of drug-likeness (QED) is 0.791. The minimum absolute atomic E-state index is 0.280. The largest absolute Gasteiger partial charge is 0.370 e. The van der Waals surface area contributed by atoms with E-state index in [-0.39, 0.29) is 5.60 Å². The van der Waals surface area contributed by atoms with Gasteiger partial charge in [-0.05, 0) is 51.0 Å². The van der Waals surface area contributed by atoms with E-state index in [2.05, 4.69) is 5.32 Å². The smallest absolute Gasteiger partial charge is 0.0708 e. The zero-order chi connectivity index (χ0) is 12.4. The van der Waals surface area contributed by atoms with Gasteiger partial charge in [-0.2, -0.15) is 0 Å². The Labute approximate surface area is 116 Å². The lowest BCUT2D eigenvalue weighted by atomic mass is 9.83. The summed E-state index contributed by atoms with van der Waals surface area (Å²) in [6.45, 7) is 2.18. The Morgan fingerprint density at radius 2 is 1.83 bits per heavy atom. The van der Waals surface area contributed by atoms with Crippen LogP contribution in [0.2, 0.25) is 0 Å². The molecule has 2 saturated carbocycles. The summed E-state index contributed by atoms with van der Waals surface area (Å²) >= 11 is 5.99. The average Bonchev–Trinajstić information content (AvgIpc) is 2.71. The molecule has 1 aliphatic heterocycles. The Morgan fingerprint density at radius 1 is 1.06 bits per heavy atom. The molecular formula is C15H26ClNO. The van der Waals surface area contributed by atoms with Crippen molar-refractivity contribution in [3.05, 3.63) is 0 Å². The van der Waals surface area contributed by atoms with Crippen molar-refractivity contribution in [1.82, 2.24) is 5.32 Å². The van der Waals surface area contributed by atoms with Crippen molar-refractivity contribution in [2.45, 2.75) is 74.9 Å². The van der Waals surface area contributed by atoms with E-state index in [1.807, 2.05) is 0 Å². The van der Waals surface area contributed by atoms with Gasteiger partial charge in [0.1, 0.15) is 0 Å². The van der Waals surface area contributed by atoms with Gasteiger partial charge in [-0.1, -0.05) is 19.3 Å². The molecule has 0 aromatic carbocycles. The normalized spacial score (nSPS) is 38.8. The first-order valence-corrected chi connectivity index (χ1v) is 8.22. The lowest BCUT2D eigenvalue weighted by molar-refractivity contribution is -0.0626.